The molecule has 3 N–H and O–H groups in total. The molecule has 0 spiro atoms. The van der Waals surface area contributed by atoms with Crippen LogP contribution in [0.5, 0.6) is 5.75 Å². The summed E-state index contributed by atoms with van der Waals surface area (Å²) in [5, 5.41) is 6.38. The van der Waals surface area contributed by atoms with E-state index in [1.165, 1.54) is 6.07 Å². The van der Waals surface area contributed by atoms with E-state index < -0.39 is 6.61 Å². The minimum atomic E-state index is -2.86. The summed E-state index contributed by atoms with van der Waals surface area (Å²) in [7, 11) is 0. The summed E-state index contributed by atoms with van der Waals surface area (Å²) in [6.07, 6.45) is 0.699. The molecule has 0 aliphatic carbocycles. The summed E-state index contributed by atoms with van der Waals surface area (Å²) in [6, 6.07) is 14.5. The second-order valence-corrected chi connectivity index (χ2v) is 6.06. The van der Waals surface area contributed by atoms with Crippen molar-refractivity contribution in [3.8, 4) is 5.75 Å². The summed E-state index contributed by atoms with van der Waals surface area (Å²) < 4.78 is 29.6. The van der Waals surface area contributed by atoms with Gasteiger partial charge in [0.15, 0.2) is 5.96 Å². The largest absolute Gasteiger partial charge is 0.434 e. The van der Waals surface area contributed by atoms with Crippen LogP contribution in [-0.4, -0.2) is 35.6 Å². The molecule has 0 aliphatic heterocycles. The maximum atomic E-state index is 12.5. The Morgan fingerprint density at radius 1 is 1.14 bits per heavy atom. The molecule has 0 bridgehead atoms. The topological polar surface area (TPSA) is 74.3 Å². The Morgan fingerprint density at radius 3 is 2.71 bits per heavy atom. The van der Waals surface area contributed by atoms with Gasteiger partial charge in [0.05, 0.1) is 17.6 Å². The lowest BCUT2D eigenvalue weighted by Crippen LogP contribution is -2.38. The fourth-order valence-corrected chi connectivity index (χ4v) is 2.77. The third-order valence-corrected chi connectivity index (χ3v) is 4.03. The van der Waals surface area contributed by atoms with Gasteiger partial charge in [0.2, 0.25) is 0 Å². The van der Waals surface area contributed by atoms with E-state index >= 15 is 0 Å². The van der Waals surface area contributed by atoms with Gasteiger partial charge in [0.1, 0.15) is 11.6 Å². The molecule has 1 aromatic heterocycles. The Kier molecular flexibility index (Phi) is 6.78. The van der Waals surface area contributed by atoms with E-state index in [0.29, 0.717) is 31.0 Å². The molecule has 0 radical (unpaired) electrons. The van der Waals surface area contributed by atoms with Crippen molar-refractivity contribution in [2.24, 2.45) is 4.99 Å². The van der Waals surface area contributed by atoms with Crippen molar-refractivity contribution in [1.29, 1.82) is 0 Å². The average Bonchev–Trinajstić information content (AvgIpc) is 3.09. The number of H-pyrrole nitrogens is 1. The number of para-hydroxylation sites is 3. The number of fused-ring (bicyclic) bond motifs is 1. The standard InChI is InChI=1S/C20H23F2N5O/c1-2-23-20(25-13-14-7-3-6-10-17(14)28-19(21)22)24-12-11-18-26-15-8-4-5-9-16(15)27-18/h3-10,19H,2,11-13H2,1H3,(H,26,27)(H2,23,24,25). The highest BCUT2D eigenvalue weighted by Gasteiger charge is 2.09. The van der Waals surface area contributed by atoms with Crippen LogP contribution in [0.3, 0.4) is 0 Å². The maximum Gasteiger partial charge on any atom is 0.387 e. The Balaban J connectivity index is 1.60. The molecule has 0 atom stereocenters. The number of halogens is 2. The number of guanidine groups is 1. The van der Waals surface area contributed by atoms with Gasteiger partial charge in [-0.25, -0.2) is 9.98 Å². The smallest absolute Gasteiger partial charge is 0.387 e. The first-order valence-electron chi connectivity index (χ1n) is 9.14. The molecule has 6 nitrogen and oxygen atoms in total. The summed E-state index contributed by atoms with van der Waals surface area (Å²) in [4.78, 5) is 12.3. The van der Waals surface area contributed by atoms with Crippen molar-refractivity contribution in [2.75, 3.05) is 13.1 Å². The second-order valence-electron chi connectivity index (χ2n) is 6.06. The van der Waals surface area contributed by atoms with Gasteiger partial charge in [-0.05, 0) is 25.1 Å². The van der Waals surface area contributed by atoms with E-state index in [2.05, 4.69) is 30.3 Å². The number of nitrogens with one attached hydrogen (secondary N) is 3. The summed E-state index contributed by atoms with van der Waals surface area (Å²) in [5.74, 6) is 1.63. The second kappa shape index (κ2) is 9.68. The molecule has 0 aliphatic rings. The molecule has 148 valence electrons. The number of aromatic nitrogens is 2. The molecular weight excluding hydrogens is 364 g/mol. The zero-order chi connectivity index (χ0) is 19.8. The average molecular weight is 387 g/mol. The Morgan fingerprint density at radius 2 is 1.93 bits per heavy atom. The van der Waals surface area contributed by atoms with Crippen molar-refractivity contribution < 1.29 is 13.5 Å². The van der Waals surface area contributed by atoms with Gasteiger partial charge in [-0.1, -0.05) is 30.3 Å². The summed E-state index contributed by atoms with van der Waals surface area (Å²) >= 11 is 0. The number of rotatable bonds is 8. The normalized spacial score (nSPS) is 11.8. The highest BCUT2D eigenvalue weighted by Crippen LogP contribution is 2.20. The number of nitrogens with zero attached hydrogens (tertiary/aromatic N) is 2. The predicted molar refractivity (Wildman–Crippen MR) is 106 cm³/mol. The maximum absolute atomic E-state index is 12.5. The molecule has 0 saturated heterocycles. The van der Waals surface area contributed by atoms with Gasteiger partial charge in [0, 0.05) is 25.1 Å². The zero-order valence-corrected chi connectivity index (χ0v) is 15.6. The Hall–Kier alpha value is -3.16. The SMILES string of the molecule is CCNC(=NCc1ccccc1OC(F)F)NCCc1nc2ccccc2[nH]1. The molecule has 0 saturated carbocycles. The summed E-state index contributed by atoms with van der Waals surface area (Å²) in [5.41, 5.74) is 2.54. The number of hydrogen-bond donors (Lipinski definition) is 3. The predicted octanol–water partition coefficient (Wildman–Crippen LogP) is 3.46. The highest BCUT2D eigenvalue weighted by molar-refractivity contribution is 5.79. The zero-order valence-electron chi connectivity index (χ0n) is 15.6. The van der Waals surface area contributed by atoms with Crippen LogP contribution in [-0.2, 0) is 13.0 Å². The lowest BCUT2D eigenvalue weighted by molar-refractivity contribution is -0.0504. The van der Waals surface area contributed by atoms with Crippen LogP contribution < -0.4 is 15.4 Å². The van der Waals surface area contributed by atoms with Crippen molar-refractivity contribution in [1.82, 2.24) is 20.6 Å². The molecule has 1 heterocycles. The van der Waals surface area contributed by atoms with Gasteiger partial charge < -0.3 is 20.4 Å². The number of imidazole rings is 1. The molecular formula is C20H23F2N5O. The Bertz CT molecular complexity index is 893. The number of ether oxygens (including phenoxy) is 1. The molecule has 8 heteroatoms. The molecule has 2 aromatic carbocycles. The molecule has 3 aromatic rings. The van der Waals surface area contributed by atoms with Crippen LogP contribution in [0.25, 0.3) is 11.0 Å². The molecule has 28 heavy (non-hydrogen) atoms. The molecule has 0 fully saturated rings. The fourth-order valence-electron chi connectivity index (χ4n) is 2.77. The van der Waals surface area contributed by atoms with Crippen molar-refractivity contribution in [3.63, 3.8) is 0 Å². The first kappa shape index (κ1) is 19.6. The van der Waals surface area contributed by atoms with E-state index in [1.807, 2.05) is 31.2 Å². The van der Waals surface area contributed by atoms with Crippen LogP contribution in [0.4, 0.5) is 8.78 Å². The van der Waals surface area contributed by atoms with E-state index in [9.17, 15) is 8.78 Å². The van der Waals surface area contributed by atoms with Gasteiger partial charge in [0.25, 0.3) is 0 Å². The number of benzene rings is 2. The number of hydrogen-bond acceptors (Lipinski definition) is 3. The van der Waals surface area contributed by atoms with E-state index in [-0.39, 0.29) is 12.3 Å². The van der Waals surface area contributed by atoms with E-state index in [1.54, 1.807) is 18.2 Å². The van der Waals surface area contributed by atoms with Gasteiger partial charge >= 0.3 is 6.61 Å². The Labute approximate surface area is 162 Å². The first-order valence-corrected chi connectivity index (χ1v) is 9.14. The minimum absolute atomic E-state index is 0.138. The van der Waals surface area contributed by atoms with E-state index in [4.69, 9.17) is 0 Å². The molecule has 3 rings (SSSR count). The third-order valence-electron chi connectivity index (χ3n) is 4.03. The van der Waals surface area contributed by atoms with Gasteiger partial charge in [-0.2, -0.15) is 8.78 Å². The highest BCUT2D eigenvalue weighted by atomic mass is 19.3. The van der Waals surface area contributed by atoms with E-state index in [0.717, 1.165) is 16.9 Å². The van der Waals surface area contributed by atoms with Crippen LogP contribution in [0, 0.1) is 0 Å². The quantitative estimate of drug-likeness (QED) is 0.409. The molecule has 0 unspecified atom stereocenters. The summed E-state index contributed by atoms with van der Waals surface area (Å²) in [6.45, 7) is 0.639. The van der Waals surface area contributed by atoms with Crippen LogP contribution >= 0.6 is 0 Å². The molecule has 0 amide bonds. The van der Waals surface area contributed by atoms with Crippen LogP contribution in [0.2, 0.25) is 0 Å². The fraction of sp³-hybridized carbons (Fsp3) is 0.300. The van der Waals surface area contributed by atoms with Crippen molar-refractivity contribution >= 4 is 17.0 Å². The van der Waals surface area contributed by atoms with Crippen LogP contribution in [0.1, 0.15) is 18.3 Å². The van der Waals surface area contributed by atoms with Crippen molar-refractivity contribution in [3.05, 3.63) is 59.9 Å². The van der Waals surface area contributed by atoms with Gasteiger partial charge in [-0.3, -0.25) is 0 Å². The number of alkyl halides is 2. The lowest BCUT2D eigenvalue weighted by atomic mass is 10.2. The third kappa shape index (κ3) is 5.42. The van der Waals surface area contributed by atoms with Gasteiger partial charge in [-0.15, -0.1) is 0 Å². The van der Waals surface area contributed by atoms with Crippen molar-refractivity contribution in [2.45, 2.75) is 26.5 Å². The first-order chi connectivity index (χ1) is 13.7. The minimum Gasteiger partial charge on any atom is -0.434 e. The lowest BCUT2D eigenvalue weighted by Gasteiger charge is -2.12. The number of aromatic amines is 1. The monoisotopic (exact) mass is 387 g/mol. The number of aliphatic imine (C=N–C) groups is 1. The van der Waals surface area contributed by atoms with Crippen LogP contribution in [0.15, 0.2) is 53.5 Å².